The summed E-state index contributed by atoms with van der Waals surface area (Å²) in [4.78, 5) is 16.5. The number of hydrogen-bond donors (Lipinski definition) is 0. The van der Waals surface area contributed by atoms with Gasteiger partial charge in [0.2, 0.25) is 0 Å². The van der Waals surface area contributed by atoms with E-state index in [2.05, 4.69) is 10.1 Å². The van der Waals surface area contributed by atoms with Gasteiger partial charge in [-0.2, -0.15) is 5.10 Å². The molecule has 0 saturated carbocycles. The van der Waals surface area contributed by atoms with Crippen LogP contribution in [0.15, 0.2) is 10.2 Å². The van der Waals surface area contributed by atoms with Gasteiger partial charge in [-0.3, -0.25) is 4.57 Å². The van der Waals surface area contributed by atoms with Crippen molar-refractivity contribution in [2.24, 2.45) is 0 Å². The summed E-state index contributed by atoms with van der Waals surface area (Å²) < 4.78 is 3.37. The summed E-state index contributed by atoms with van der Waals surface area (Å²) in [5.41, 5.74) is 0.918. The van der Waals surface area contributed by atoms with Gasteiger partial charge in [0, 0.05) is 24.8 Å². The maximum atomic E-state index is 12.1. The molecule has 0 N–H and O–H groups in total. The molecule has 0 unspecified atom stereocenters. The average molecular weight is 299 g/mol. The molecular weight excluding hydrogens is 284 g/mol. The fourth-order valence-corrected chi connectivity index (χ4v) is 3.34. The van der Waals surface area contributed by atoms with Gasteiger partial charge in [-0.05, 0) is 12.8 Å². The molecule has 0 aromatic carbocycles. The molecule has 0 bridgehead atoms. The van der Waals surface area contributed by atoms with Gasteiger partial charge in [-0.25, -0.2) is 14.5 Å². The summed E-state index contributed by atoms with van der Waals surface area (Å²) >= 11 is 7.31. The first kappa shape index (κ1) is 12.9. The molecule has 102 valence electrons. The molecular formula is C12H15ClN4OS. The molecule has 0 fully saturated rings. The van der Waals surface area contributed by atoms with Gasteiger partial charge in [0.05, 0.1) is 23.1 Å². The quantitative estimate of drug-likeness (QED) is 0.809. The molecule has 0 atom stereocenters. The first-order chi connectivity index (χ1) is 9.28. The van der Waals surface area contributed by atoms with E-state index < -0.39 is 0 Å². The smallest absolute Gasteiger partial charge is 0.279 e. The van der Waals surface area contributed by atoms with Crippen LogP contribution in [0.1, 0.15) is 29.4 Å². The Morgan fingerprint density at radius 2 is 2.32 bits per heavy atom. The molecule has 2 aromatic rings. The van der Waals surface area contributed by atoms with Gasteiger partial charge in [0.1, 0.15) is 5.82 Å². The SMILES string of the molecule is O=c1n(CCc2nc(CCl)cs2)nc2n1CCCC2. The maximum Gasteiger partial charge on any atom is 0.345 e. The fourth-order valence-electron chi connectivity index (χ4n) is 2.32. The summed E-state index contributed by atoms with van der Waals surface area (Å²) in [7, 11) is 0. The molecule has 0 aliphatic carbocycles. The minimum atomic E-state index is 0.0174. The van der Waals surface area contributed by atoms with E-state index in [9.17, 15) is 4.79 Å². The first-order valence-corrected chi connectivity index (χ1v) is 7.85. The molecule has 1 aliphatic heterocycles. The standard InChI is InChI=1S/C12H15ClN4OS/c13-7-9-8-19-11(14-9)4-6-17-12(18)16-5-2-1-3-10(16)15-17/h8H,1-7H2. The molecule has 3 rings (SSSR count). The number of fused-ring (bicyclic) bond motifs is 1. The van der Waals surface area contributed by atoms with Crippen molar-refractivity contribution < 1.29 is 0 Å². The number of aromatic nitrogens is 4. The van der Waals surface area contributed by atoms with Crippen molar-refractivity contribution in [1.82, 2.24) is 19.3 Å². The van der Waals surface area contributed by atoms with Gasteiger partial charge >= 0.3 is 5.69 Å². The number of aryl methyl sites for hydroxylation is 3. The Labute approximate surface area is 119 Å². The molecule has 2 aromatic heterocycles. The molecule has 0 radical (unpaired) electrons. The zero-order valence-corrected chi connectivity index (χ0v) is 12.1. The molecule has 5 nitrogen and oxygen atoms in total. The van der Waals surface area contributed by atoms with Crippen LogP contribution in [-0.4, -0.2) is 19.3 Å². The van der Waals surface area contributed by atoms with Gasteiger partial charge in [0.25, 0.3) is 0 Å². The Kier molecular flexibility index (Phi) is 3.70. The highest BCUT2D eigenvalue weighted by Gasteiger charge is 2.16. The number of halogens is 1. The van der Waals surface area contributed by atoms with Gasteiger partial charge in [0.15, 0.2) is 0 Å². The largest absolute Gasteiger partial charge is 0.345 e. The van der Waals surface area contributed by atoms with E-state index in [0.29, 0.717) is 12.4 Å². The van der Waals surface area contributed by atoms with E-state index in [4.69, 9.17) is 11.6 Å². The van der Waals surface area contributed by atoms with Crippen LogP contribution in [0.25, 0.3) is 0 Å². The molecule has 3 heterocycles. The molecule has 1 aliphatic rings. The number of nitrogens with zero attached hydrogens (tertiary/aromatic N) is 4. The molecule has 0 spiro atoms. The fraction of sp³-hybridized carbons (Fsp3) is 0.583. The monoisotopic (exact) mass is 298 g/mol. The minimum Gasteiger partial charge on any atom is -0.279 e. The van der Waals surface area contributed by atoms with Crippen LogP contribution in [-0.2, 0) is 31.8 Å². The van der Waals surface area contributed by atoms with Crippen molar-refractivity contribution >= 4 is 22.9 Å². The lowest BCUT2D eigenvalue weighted by Gasteiger charge is -2.09. The topological polar surface area (TPSA) is 52.7 Å². The van der Waals surface area contributed by atoms with Crippen molar-refractivity contribution in [1.29, 1.82) is 0 Å². The van der Waals surface area contributed by atoms with Crippen LogP contribution in [0.3, 0.4) is 0 Å². The van der Waals surface area contributed by atoms with Gasteiger partial charge in [-0.15, -0.1) is 22.9 Å². The van der Waals surface area contributed by atoms with Crippen LogP contribution in [0, 0.1) is 0 Å². The highest BCUT2D eigenvalue weighted by molar-refractivity contribution is 7.09. The number of thiazole rings is 1. The highest BCUT2D eigenvalue weighted by atomic mass is 35.5. The van der Waals surface area contributed by atoms with E-state index in [0.717, 1.165) is 48.8 Å². The summed E-state index contributed by atoms with van der Waals surface area (Å²) in [5, 5.41) is 7.38. The third-order valence-electron chi connectivity index (χ3n) is 3.31. The molecule has 0 amide bonds. The van der Waals surface area contributed by atoms with Gasteiger partial charge in [-0.1, -0.05) is 0 Å². The molecule has 7 heteroatoms. The second-order valence-electron chi connectivity index (χ2n) is 4.65. The Hall–Kier alpha value is -1.14. The number of alkyl halides is 1. The lowest BCUT2D eigenvalue weighted by Crippen LogP contribution is -2.27. The summed E-state index contributed by atoms with van der Waals surface area (Å²) in [6, 6.07) is 0. The number of rotatable bonds is 4. The van der Waals surface area contributed by atoms with E-state index in [-0.39, 0.29) is 5.69 Å². The number of hydrogen-bond acceptors (Lipinski definition) is 4. The normalized spacial score (nSPS) is 14.6. The Morgan fingerprint density at radius 1 is 1.42 bits per heavy atom. The Balaban J connectivity index is 1.73. The molecule has 19 heavy (non-hydrogen) atoms. The first-order valence-electron chi connectivity index (χ1n) is 6.43. The summed E-state index contributed by atoms with van der Waals surface area (Å²) in [6.07, 6.45) is 3.85. The molecule has 0 saturated heterocycles. The van der Waals surface area contributed by atoms with Crippen LogP contribution in [0.4, 0.5) is 0 Å². The van der Waals surface area contributed by atoms with Gasteiger partial charge < -0.3 is 0 Å². The Morgan fingerprint density at radius 3 is 3.05 bits per heavy atom. The Bertz CT molecular complexity index is 630. The predicted molar refractivity (Wildman–Crippen MR) is 74.8 cm³/mol. The van der Waals surface area contributed by atoms with Crippen molar-refractivity contribution in [2.75, 3.05) is 0 Å². The van der Waals surface area contributed by atoms with E-state index in [1.165, 1.54) is 0 Å². The van der Waals surface area contributed by atoms with E-state index >= 15 is 0 Å². The van der Waals surface area contributed by atoms with Crippen LogP contribution >= 0.6 is 22.9 Å². The van der Waals surface area contributed by atoms with Crippen LogP contribution in [0.2, 0.25) is 0 Å². The lowest BCUT2D eigenvalue weighted by atomic mass is 10.2. The van der Waals surface area contributed by atoms with E-state index in [1.54, 1.807) is 20.6 Å². The minimum absolute atomic E-state index is 0.0174. The lowest BCUT2D eigenvalue weighted by molar-refractivity contribution is 0.510. The van der Waals surface area contributed by atoms with Crippen LogP contribution < -0.4 is 5.69 Å². The summed E-state index contributed by atoms with van der Waals surface area (Å²) in [5.74, 6) is 1.37. The van der Waals surface area contributed by atoms with Crippen molar-refractivity contribution in [3.05, 3.63) is 32.4 Å². The third kappa shape index (κ3) is 2.60. The van der Waals surface area contributed by atoms with Crippen molar-refractivity contribution in [2.45, 2.75) is 44.7 Å². The van der Waals surface area contributed by atoms with Crippen molar-refractivity contribution in [3.63, 3.8) is 0 Å². The highest BCUT2D eigenvalue weighted by Crippen LogP contribution is 2.13. The second kappa shape index (κ2) is 5.46. The maximum absolute atomic E-state index is 12.1. The zero-order chi connectivity index (χ0) is 13.2. The predicted octanol–water partition coefficient (Wildman–Crippen LogP) is 1.82. The summed E-state index contributed by atoms with van der Waals surface area (Å²) in [6.45, 7) is 1.40. The second-order valence-corrected chi connectivity index (χ2v) is 5.86. The van der Waals surface area contributed by atoms with Crippen molar-refractivity contribution in [3.8, 4) is 0 Å². The van der Waals surface area contributed by atoms with Crippen LogP contribution in [0.5, 0.6) is 0 Å². The average Bonchev–Trinajstić information content (AvgIpc) is 3.02. The zero-order valence-electron chi connectivity index (χ0n) is 10.5. The van der Waals surface area contributed by atoms with E-state index in [1.807, 2.05) is 5.38 Å². The third-order valence-corrected chi connectivity index (χ3v) is 4.54.